The SMILES string of the molecule is CC1(C)C[C@H]2C[C@@](C)(CN2C(=O)COC(=O)COc2ccc(Br)cc2)C1. The highest BCUT2D eigenvalue weighted by molar-refractivity contribution is 9.10. The lowest BCUT2D eigenvalue weighted by atomic mass is 9.65. The molecule has 1 aromatic carbocycles. The second-order valence-electron chi connectivity index (χ2n) is 8.64. The van der Waals surface area contributed by atoms with Gasteiger partial charge in [-0.3, -0.25) is 4.79 Å². The fraction of sp³-hybridized carbons (Fsp3) is 0.600. The Labute approximate surface area is 163 Å². The molecular formula is C20H26BrNO4. The molecule has 0 spiro atoms. The van der Waals surface area contributed by atoms with Crippen LogP contribution in [-0.2, 0) is 14.3 Å². The van der Waals surface area contributed by atoms with Crippen LogP contribution in [0.1, 0.15) is 40.0 Å². The third kappa shape index (κ3) is 4.58. The first-order valence-electron chi connectivity index (χ1n) is 8.99. The van der Waals surface area contributed by atoms with Crippen molar-refractivity contribution in [1.29, 1.82) is 0 Å². The number of likely N-dealkylation sites (tertiary alicyclic amines) is 1. The summed E-state index contributed by atoms with van der Waals surface area (Å²) in [4.78, 5) is 26.3. The Kier molecular flexibility index (Phi) is 5.33. The summed E-state index contributed by atoms with van der Waals surface area (Å²) < 4.78 is 11.4. The minimum absolute atomic E-state index is 0.103. The summed E-state index contributed by atoms with van der Waals surface area (Å²) >= 11 is 3.34. The maximum absolute atomic E-state index is 12.6. The first-order chi connectivity index (χ1) is 12.2. The third-order valence-corrected chi connectivity index (χ3v) is 5.79. The third-order valence-electron chi connectivity index (χ3n) is 5.26. The molecule has 6 heteroatoms. The van der Waals surface area contributed by atoms with Crippen molar-refractivity contribution in [3.8, 4) is 5.75 Å². The van der Waals surface area contributed by atoms with Gasteiger partial charge in [0.05, 0.1) is 0 Å². The van der Waals surface area contributed by atoms with E-state index in [2.05, 4.69) is 36.7 Å². The quantitative estimate of drug-likeness (QED) is 0.675. The zero-order valence-corrected chi connectivity index (χ0v) is 17.2. The maximum atomic E-state index is 12.6. The van der Waals surface area contributed by atoms with Gasteiger partial charge in [-0.05, 0) is 54.4 Å². The van der Waals surface area contributed by atoms with Crippen LogP contribution in [0.4, 0.5) is 0 Å². The number of hydrogen-bond donors (Lipinski definition) is 0. The average Bonchev–Trinajstić information content (AvgIpc) is 2.81. The molecule has 0 N–H and O–H groups in total. The van der Waals surface area contributed by atoms with Gasteiger partial charge in [0, 0.05) is 17.1 Å². The number of benzene rings is 1. The molecule has 1 aromatic rings. The lowest BCUT2D eigenvalue weighted by Gasteiger charge is -2.39. The zero-order chi connectivity index (χ0) is 18.9. The molecule has 1 saturated carbocycles. The molecule has 1 amide bonds. The van der Waals surface area contributed by atoms with Crippen molar-refractivity contribution >= 4 is 27.8 Å². The van der Waals surface area contributed by atoms with Crippen LogP contribution in [0.3, 0.4) is 0 Å². The maximum Gasteiger partial charge on any atom is 0.344 e. The summed E-state index contributed by atoms with van der Waals surface area (Å²) in [6.45, 7) is 7.13. The van der Waals surface area contributed by atoms with Gasteiger partial charge in [-0.25, -0.2) is 4.79 Å². The Morgan fingerprint density at radius 1 is 1.15 bits per heavy atom. The van der Waals surface area contributed by atoms with E-state index < -0.39 is 5.97 Å². The van der Waals surface area contributed by atoms with Crippen LogP contribution >= 0.6 is 15.9 Å². The van der Waals surface area contributed by atoms with Crippen molar-refractivity contribution < 1.29 is 19.1 Å². The van der Waals surface area contributed by atoms with Gasteiger partial charge < -0.3 is 14.4 Å². The first-order valence-corrected chi connectivity index (χ1v) is 9.79. The molecule has 2 atom stereocenters. The van der Waals surface area contributed by atoms with Gasteiger partial charge in [0.15, 0.2) is 13.2 Å². The largest absolute Gasteiger partial charge is 0.482 e. The summed E-state index contributed by atoms with van der Waals surface area (Å²) in [5, 5.41) is 0. The Balaban J connectivity index is 1.47. The molecule has 3 rings (SSSR count). The molecule has 1 saturated heterocycles. The predicted octanol–water partition coefficient (Wildman–Crippen LogP) is 3.80. The van der Waals surface area contributed by atoms with E-state index in [9.17, 15) is 9.59 Å². The number of halogens is 1. The highest BCUT2D eigenvalue weighted by Gasteiger charge is 2.50. The Morgan fingerprint density at radius 3 is 2.54 bits per heavy atom. The Bertz CT molecular complexity index is 688. The summed E-state index contributed by atoms with van der Waals surface area (Å²) in [7, 11) is 0. The first kappa shape index (κ1) is 19.2. The monoisotopic (exact) mass is 423 g/mol. The number of carbonyl (C=O) groups is 2. The average molecular weight is 424 g/mol. The molecule has 26 heavy (non-hydrogen) atoms. The summed E-state index contributed by atoms with van der Waals surface area (Å²) in [6.07, 6.45) is 3.18. The standard InChI is InChI=1S/C20H26BrNO4/c1-19(2)8-15-9-20(3,12-19)13-22(15)17(23)10-26-18(24)11-25-16-6-4-14(21)5-7-16/h4-7,15H,8-13H2,1-3H3/t15-,20+/m0/s1. The topological polar surface area (TPSA) is 55.8 Å². The van der Waals surface area contributed by atoms with E-state index in [-0.39, 0.29) is 36.0 Å². The van der Waals surface area contributed by atoms with Crippen molar-refractivity contribution in [2.24, 2.45) is 10.8 Å². The molecule has 2 fully saturated rings. The number of ether oxygens (including phenoxy) is 2. The van der Waals surface area contributed by atoms with Crippen molar-refractivity contribution in [2.45, 2.75) is 46.1 Å². The normalized spacial score (nSPS) is 26.5. The number of fused-ring (bicyclic) bond motifs is 2. The molecule has 0 unspecified atom stereocenters. The Morgan fingerprint density at radius 2 is 1.85 bits per heavy atom. The number of amides is 1. The molecule has 0 aromatic heterocycles. The summed E-state index contributed by atoms with van der Waals surface area (Å²) in [5.41, 5.74) is 0.429. The lowest BCUT2D eigenvalue weighted by Crippen LogP contribution is -2.40. The number of esters is 1. The van der Waals surface area contributed by atoms with Crippen LogP contribution in [0.15, 0.2) is 28.7 Å². The highest BCUT2D eigenvalue weighted by atomic mass is 79.9. The summed E-state index contributed by atoms with van der Waals surface area (Å²) in [6, 6.07) is 7.44. The highest BCUT2D eigenvalue weighted by Crippen LogP contribution is 2.52. The van der Waals surface area contributed by atoms with Gasteiger partial charge in [0.1, 0.15) is 5.75 Å². The van der Waals surface area contributed by atoms with Crippen molar-refractivity contribution in [3.63, 3.8) is 0 Å². The second-order valence-corrected chi connectivity index (χ2v) is 9.55. The van der Waals surface area contributed by atoms with Crippen LogP contribution in [0.5, 0.6) is 5.75 Å². The van der Waals surface area contributed by atoms with Crippen molar-refractivity contribution in [3.05, 3.63) is 28.7 Å². The van der Waals surface area contributed by atoms with E-state index in [0.717, 1.165) is 30.3 Å². The van der Waals surface area contributed by atoms with Gasteiger partial charge in [-0.15, -0.1) is 0 Å². The van der Waals surface area contributed by atoms with Gasteiger partial charge in [0.2, 0.25) is 0 Å². The summed E-state index contributed by atoms with van der Waals surface area (Å²) in [5.74, 6) is -0.0524. The number of rotatable bonds is 5. The minimum atomic E-state index is -0.532. The number of carbonyl (C=O) groups excluding carboxylic acids is 2. The van der Waals surface area contributed by atoms with E-state index in [1.54, 1.807) is 12.1 Å². The number of hydrogen-bond acceptors (Lipinski definition) is 4. The second kappa shape index (κ2) is 7.22. The van der Waals surface area contributed by atoms with Crippen molar-refractivity contribution in [2.75, 3.05) is 19.8 Å². The van der Waals surface area contributed by atoms with Crippen LogP contribution in [0.25, 0.3) is 0 Å². The molecule has 1 aliphatic carbocycles. The van der Waals surface area contributed by atoms with Gasteiger partial charge in [-0.2, -0.15) is 0 Å². The number of nitrogens with zero attached hydrogens (tertiary/aromatic N) is 1. The lowest BCUT2D eigenvalue weighted by molar-refractivity contribution is -0.154. The zero-order valence-electron chi connectivity index (χ0n) is 15.6. The van der Waals surface area contributed by atoms with E-state index in [1.165, 1.54) is 0 Å². The Hall–Kier alpha value is -1.56. The minimum Gasteiger partial charge on any atom is -0.482 e. The predicted molar refractivity (Wildman–Crippen MR) is 102 cm³/mol. The smallest absolute Gasteiger partial charge is 0.344 e. The molecule has 2 bridgehead atoms. The fourth-order valence-corrected chi connectivity index (χ4v) is 4.96. The van der Waals surface area contributed by atoms with E-state index in [0.29, 0.717) is 5.75 Å². The molecule has 1 heterocycles. The van der Waals surface area contributed by atoms with Crippen LogP contribution < -0.4 is 4.74 Å². The molecule has 1 aliphatic heterocycles. The van der Waals surface area contributed by atoms with Crippen LogP contribution in [0.2, 0.25) is 0 Å². The van der Waals surface area contributed by atoms with Crippen molar-refractivity contribution in [1.82, 2.24) is 4.90 Å². The molecule has 0 radical (unpaired) electrons. The van der Waals surface area contributed by atoms with Gasteiger partial charge in [-0.1, -0.05) is 36.7 Å². The van der Waals surface area contributed by atoms with Gasteiger partial charge in [0.25, 0.3) is 5.91 Å². The fourth-order valence-electron chi connectivity index (χ4n) is 4.69. The van der Waals surface area contributed by atoms with E-state index >= 15 is 0 Å². The molecule has 5 nitrogen and oxygen atoms in total. The molecule has 2 aliphatic rings. The van der Waals surface area contributed by atoms with E-state index in [1.807, 2.05) is 17.0 Å². The molecular weight excluding hydrogens is 398 g/mol. The van der Waals surface area contributed by atoms with Gasteiger partial charge >= 0.3 is 5.97 Å². The molecule has 142 valence electrons. The van der Waals surface area contributed by atoms with Crippen LogP contribution in [0, 0.1) is 10.8 Å². The van der Waals surface area contributed by atoms with Crippen LogP contribution in [-0.4, -0.2) is 42.6 Å². The van der Waals surface area contributed by atoms with E-state index in [4.69, 9.17) is 9.47 Å².